The van der Waals surface area contributed by atoms with Crippen LogP contribution in [0.2, 0.25) is 10.0 Å². The lowest BCUT2D eigenvalue weighted by molar-refractivity contribution is 0.288. The first-order chi connectivity index (χ1) is 12.9. The predicted molar refractivity (Wildman–Crippen MR) is 107 cm³/mol. The molecule has 1 heterocycles. The first-order valence-electron chi connectivity index (χ1n) is 8.28. The molecule has 0 atom stereocenters. The van der Waals surface area contributed by atoms with Crippen LogP contribution in [0, 0.1) is 25.2 Å². The van der Waals surface area contributed by atoms with Crippen molar-refractivity contribution < 1.29 is 4.74 Å². The number of aromatic nitrogens is 2. The van der Waals surface area contributed by atoms with Crippen molar-refractivity contribution in [1.82, 2.24) is 9.78 Å². The Morgan fingerprint density at radius 1 is 1.15 bits per heavy atom. The van der Waals surface area contributed by atoms with Crippen molar-refractivity contribution in [2.45, 2.75) is 27.0 Å². The third-order valence-corrected chi connectivity index (χ3v) is 5.00. The fraction of sp³-hybridized carbons (Fsp3) is 0.200. The number of nitrogen functional groups attached to an aromatic ring is 1. The molecule has 0 aliphatic carbocycles. The van der Waals surface area contributed by atoms with Gasteiger partial charge in [-0.15, -0.1) is 5.10 Å². The van der Waals surface area contributed by atoms with Gasteiger partial charge in [0.1, 0.15) is 18.5 Å². The zero-order chi connectivity index (χ0) is 19.6. The minimum Gasteiger partial charge on any atom is -0.471 e. The first kappa shape index (κ1) is 19.1. The quantitative estimate of drug-likeness (QED) is 0.661. The van der Waals surface area contributed by atoms with E-state index < -0.39 is 0 Å². The lowest BCUT2D eigenvalue weighted by Gasteiger charge is -2.08. The van der Waals surface area contributed by atoms with Crippen molar-refractivity contribution >= 4 is 29.0 Å². The number of hydrogen-bond acceptors (Lipinski definition) is 4. The molecule has 0 saturated carbocycles. The van der Waals surface area contributed by atoms with E-state index in [1.165, 1.54) is 4.68 Å². The van der Waals surface area contributed by atoms with E-state index in [4.69, 9.17) is 33.7 Å². The molecule has 0 saturated heterocycles. The van der Waals surface area contributed by atoms with Gasteiger partial charge in [-0.05, 0) is 42.7 Å². The van der Waals surface area contributed by atoms with Gasteiger partial charge in [-0.2, -0.15) is 5.26 Å². The Kier molecular flexibility index (Phi) is 5.59. The van der Waals surface area contributed by atoms with Crippen molar-refractivity contribution in [3.8, 4) is 11.9 Å². The molecule has 2 aromatic carbocycles. The second kappa shape index (κ2) is 7.91. The number of rotatable bonds is 5. The van der Waals surface area contributed by atoms with Gasteiger partial charge in [0, 0.05) is 0 Å². The summed E-state index contributed by atoms with van der Waals surface area (Å²) in [7, 11) is 0. The molecule has 3 aromatic rings. The van der Waals surface area contributed by atoms with E-state index in [1.807, 2.05) is 32.0 Å². The van der Waals surface area contributed by atoms with Crippen molar-refractivity contribution in [3.63, 3.8) is 0 Å². The normalized spacial score (nSPS) is 10.6. The molecule has 1 aromatic heterocycles. The van der Waals surface area contributed by atoms with Crippen LogP contribution in [0.15, 0.2) is 36.4 Å². The van der Waals surface area contributed by atoms with Gasteiger partial charge in [0.2, 0.25) is 0 Å². The number of hydrogen-bond donors (Lipinski definition) is 1. The summed E-state index contributed by atoms with van der Waals surface area (Å²) in [6, 6.07) is 13.5. The molecule has 5 nitrogen and oxygen atoms in total. The Labute approximate surface area is 167 Å². The average Bonchev–Trinajstić information content (AvgIpc) is 2.93. The van der Waals surface area contributed by atoms with Crippen LogP contribution in [0.25, 0.3) is 0 Å². The molecule has 0 bridgehead atoms. The van der Waals surface area contributed by atoms with Gasteiger partial charge in [-0.3, -0.25) is 0 Å². The summed E-state index contributed by atoms with van der Waals surface area (Å²) in [5.41, 5.74) is 10.5. The summed E-state index contributed by atoms with van der Waals surface area (Å²) < 4.78 is 7.33. The molecule has 7 heteroatoms. The molecule has 0 spiro atoms. The predicted octanol–water partition coefficient (Wildman–Crippen LogP) is 4.89. The lowest BCUT2D eigenvalue weighted by Crippen LogP contribution is -2.06. The highest BCUT2D eigenvalue weighted by Gasteiger charge is 2.18. The number of ether oxygens (including phenoxy) is 1. The minimum atomic E-state index is 0.218. The summed E-state index contributed by atoms with van der Waals surface area (Å²) in [6.07, 6.45) is 0. The van der Waals surface area contributed by atoms with E-state index in [0.29, 0.717) is 23.2 Å². The maximum atomic E-state index is 9.45. The van der Waals surface area contributed by atoms with Crippen LogP contribution < -0.4 is 10.5 Å². The summed E-state index contributed by atoms with van der Waals surface area (Å²) in [4.78, 5) is 0. The van der Waals surface area contributed by atoms with Gasteiger partial charge in [-0.25, -0.2) is 4.68 Å². The number of nitrogens with zero attached hydrogens (tertiary/aromatic N) is 3. The molecular formula is C20H18Cl2N4O. The summed E-state index contributed by atoms with van der Waals surface area (Å²) in [5.74, 6) is 0.468. The Bertz CT molecular complexity index is 1040. The van der Waals surface area contributed by atoms with Crippen LogP contribution in [-0.2, 0) is 13.2 Å². The second-order valence-corrected chi connectivity index (χ2v) is 7.12. The average molecular weight is 401 g/mol. The van der Waals surface area contributed by atoms with Crippen LogP contribution in [0.1, 0.15) is 27.8 Å². The highest BCUT2D eigenvalue weighted by molar-refractivity contribution is 6.42. The maximum absolute atomic E-state index is 9.45. The van der Waals surface area contributed by atoms with Crippen molar-refractivity contribution in [2.24, 2.45) is 0 Å². The molecule has 0 radical (unpaired) electrons. The fourth-order valence-corrected chi connectivity index (χ4v) is 3.01. The Morgan fingerprint density at radius 3 is 2.63 bits per heavy atom. The summed E-state index contributed by atoms with van der Waals surface area (Å²) >= 11 is 12.0. The van der Waals surface area contributed by atoms with Crippen molar-refractivity contribution in [2.75, 3.05) is 5.73 Å². The highest BCUT2D eigenvalue weighted by Crippen LogP contribution is 2.27. The molecule has 0 unspecified atom stereocenters. The van der Waals surface area contributed by atoms with Crippen LogP contribution in [0.4, 0.5) is 5.82 Å². The van der Waals surface area contributed by atoms with Gasteiger partial charge in [0.15, 0.2) is 5.56 Å². The van der Waals surface area contributed by atoms with Gasteiger partial charge in [0.05, 0.1) is 16.6 Å². The first-order valence-corrected chi connectivity index (χ1v) is 9.04. The zero-order valence-electron chi connectivity index (χ0n) is 15.0. The smallest absolute Gasteiger partial charge is 0.253 e. The fourth-order valence-electron chi connectivity index (χ4n) is 2.69. The molecule has 3 rings (SSSR count). The zero-order valence-corrected chi connectivity index (χ0v) is 16.5. The van der Waals surface area contributed by atoms with Crippen molar-refractivity contribution in [1.29, 1.82) is 5.26 Å². The van der Waals surface area contributed by atoms with Crippen LogP contribution >= 0.6 is 23.2 Å². The van der Waals surface area contributed by atoms with E-state index >= 15 is 0 Å². The van der Waals surface area contributed by atoms with Crippen LogP contribution in [-0.4, -0.2) is 9.78 Å². The topological polar surface area (TPSA) is 76.9 Å². The minimum absolute atomic E-state index is 0.218. The Hall–Kier alpha value is -2.68. The van der Waals surface area contributed by atoms with E-state index in [9.17, 15) is 5.26 Å². The van der Waals surface area contributed by atoms with Gasteiger partial charge < -0.3 is 10.5 Å². The number of anilines is 1. The standard InChI is InChI=1S/C20H18Cl2N4O/c1-12-3-4-13(2)15(7-12)11-27-20-16(9-23)19(24)26(25-20)10-14-5-6-17(21)18(22)8-14/h3-8H,10-11,24H2,1-2H3. The molecule has 0 fully saturated rings. The number of nitriles is 1. The maximum Gasteiger partial charge on any atom is 0.253 e. The van der Waals surface area contributed by atoms with Gasteiger partial charge >= 0.3 is 0 Å². The Balaban J connectivity index is 1.84. The number of benzene rings is 2. The molecular weight excluding hydrogens is 383 g/mol. The largest absolute Gasteiger partial charge is 0.471 e. The second-order valence-electron chi connectivity index (χ2n) is 6.30. The number of aryl methyl sites for hydroxylation is 2. The third-order valence-electron chi connectivity index (χ3n) is 4.26. The third kappa shape index (κ3) is 4.19. The molecule has 0 aliphatic rings. The van der Waals surface area contributed by atoms with Gasteiger partial charge in [-0.1, -0.05) is 53.0 Å². The van der Waals surface area contributed by atoms with E-state index in [2.05, 4.69) is 17.2 Å². The molecule has 0 amide bonds. The summed E-state index contributed by atoms with van der Waals surface area (Å²) in [6.45, 7) is 4.70. The number of halogens is 2. The summed E-state index contributed by atoms with van der Waals surface area (Å²) in [5, 5.41) is 14.7. The number of nitrogens with two attached hydrogens (primary N) is 1. The van der Waals surface area contributed by atoms with E-state index in [1.54, 1.807) is 12.1 Å². The lowest BCUT2D eigenvalue weighted by atomic mass is 10.1. The van der Waals surface area contributed by atoms with E-state index in [0.717, 1.165) is 22.3 Å². The molecule has 27 heavy (non-hydrogen) atoms. The van der Waals surface area contributed by atoms with Crippen LogP contribution in [0.3, 0.4) is 0 Å². The van der Waals surface area contributed by atoms with E-state index in [-0.39, 0.29) is 17.3 Å². The van der Waals surface area contributed by atoms with Crippen LogP contribution in [0.5, 0.6) is 5.88 Å². The molecule has 138 valence electrons. The molecule has 0 aliphatic heterocycles. The van der Waals surface area contributed by atoms with Gasteiger partial charge in [0.25, 0.3) is 5.88 Å². The monoisotopic (exact) mass is 400 g/mol. The SMILES string of the molecule is Cc1ccc(C)c(COc2nn(Cc3ccc(Cl)c(Cl)c3)c(N)c2C#N)c1. The molecule has 2 N–H and O–H groups in total. The van der Waals surface area contributed by atoms with Crippen molar-refractivity contribution in [3.05, 3.63) is 74.3 Å². The Morgan fingerprint density at radius 2 is 1.93 bits per heavy atom. The highest BCUT2D eigenvalue weighted by atomic mass is 35.5.